The van der Waals surface area contributed by atoms with Crippen molar-refractivity contribution < 1.29 is 14.3 Å². The van der Waals surface area contributed by atoms with E-state index in [9.17, 15) is 4.79 Å². The van der Waals surface area contributed by atoms with Crippen LogP contribution in [0.3, 0.4) is 0 Å². The number of aromatic amines is 1. The minimum absolute atomic E-state index is 0.169. The van der Waals surface area contributed by atoms with Crippen LogP contribution >= 0.6 is 0 Å². The fourth-order valence-corrected chi connectivity index (χ4v) is 4.02. The summed E-state index contributed by atoms with van der Waals surface area (Å²) in [5, 5.41) is 1.22. The Kier molecular flexibility index (Phi) is 5.24. The fraction of sp³-hybridized carbons (Fsp3) is 0.348. The van der Waals surface area contributed by atoms with Crippen LogP contribution in [0, 0.1) is 6.92 Å². The zero-order chi connectivity index (χ0) is 19.5. The van der Waals surface area contributed by atoms with Crippen LogP contribution in [0.5, 0.6) is 11.5 Å². The second-order valence-electron chi connectivity index (χ2n) is 7.23. The van der Waals surface area contributed by atoms with Crippen LogP contribution in [0.1, 0.15) is 29.7 Å². The lowest BCUT2D eigenvalue weighted by atomic mass is 10.0. The van der Waals surface area contributed by atoms with Crippen molar-refractivity contribution in [2.75, 3.05) is 20.3 Å². The molecule has 2 aromatic carbocycles. The Bertz CT molecular complexity index is 978. The molecule has 5 nitrogen and oxygen atoms in total. The third-order valence-electron chi connectivity index (χ3n) is 5.45. The second kappa shape index (κ2) is 7.97. The van der Waals surface area contributed by atoms with E-state index in [1.165, 1.54) is 16.6 Å². The number of aryl methyl sites for hydroxylation is 1. The Balaban J connectivity index is 1.44. The van der Waals surface area contributed by atoms with E-state index in [1.54, 1.807) is 7.11 Å². The maximum atomic E-state index is 12.9. The van der Waals surface area contributed by atoms with Crippen molar-refractivity contribution in [3.05, 3.63) is 59.3 Å². The molecule has 0 radical (unpaired) electrons. The number of methoxy groups -OCH3 is 1. The molecule has 4 rings (SSSR count). The number of carbonyl (C=O) groups excluding carboxylic acids is 1. The molecule has 5 heteroatoms. The summed E-state index contributed by atoms with van der Waals surface area (Å²) in [6.07, 6.45) is 2.05. The minimum atomic E-state index is 0.169. The van der Waals surface area contributed by atoms with E-state index >= 15 is 0 Å². The Hall–Kier alpha value is -2.95. The number of para-hydroxylation sites is 1. The van der Waals surface area contributed by atoms with Crippen molar-refractivity contribution in [3.63, 3.8) is 0 Å². The first-order chi connectivity index (χ1) is 13.7. The number of aromatic nitrogens is 1. The van der Waals surface area contributed by atoms with Crippen molar-refractivity contribution in [3.8, 4) is 11.5 Å². The first kappa shape index (κ1) is 18.4. The normalized spacial score (nSPS) is 13.4. The highest BCUT2D eigenvalue weighted by atomic mass is 16.5. The number of hydrogen-bond acceptors (Lipinski definition) is 3. The number of rotatable bonds is 6. The summed E-state index contributed by atoms with van der Waals surface area (Å²) in [6, 6.07) is 13.8. The van der Waals surface area contributed by atoms with Gasteiger partial charge in [0.2, 0.25) is 5.91 Å². The minimum Gasteiger partial charge on any atom is -0.496 e. The van der Waals surface area contributed by atoms with E-state index in [0.717, 1.165) is 35.5 Å². The molecule has 0 fully saturated rings. The van der Waals surface area contributed by atoms with E-state index in [-0.39, 0.29) is 5.91 Å². The highest BCUT2D eigenvalue weighted by molar-refractivity contribution is 5.91. The van der Waals surface area contributed by atoms with E-state index in [2.05, 4.69) is 18.0 Å². The van der Waals surface area contributed by atoms with Crippen LogP contribution in [-0.2, 0) is 17.8 Å². The van der Waals surface area contributed by atoms with Gasteiger partial charge < -0.3 is 19.4 Å². The van der Waals surface area contributed by atoms with Gasteiger partial charge in [-0.05, 0) is 49.6 Å². The van der Waals surface area contributed by atoms with E-state index in [0.29, 0.717) is 26.0 Å². The molecule has 1 aliphatic heterocycles. The number of nitrogens with one attached hydrogen (secondary N) is 1. The van der Waals surface area contributed by atoms with Crippen molar-refractivity contribution in [2.24, 2.45) is 0 Å². The lowest BCUT2D eigenvalue weighted by molar-refractivity contribution is -0.132. The summed E-state index contributed by atoms with van der Waals surface area (Å²) >= 11 is 0. The largest absolute Gasteiger partial charge is 0.496 e. The topological polar surface area (TPSA) is 54.6 Å². The number of hydrogen-bond donors (Lipinski definition) is 1. The predicted molar refractivity (Wildman–Crippen MR) is 110 cm³/mol. The van der Waals surface area contributed by atoms with Crippen LogP contribution in [0.15, 0.2) is 42.5 Å². The van der Waals surface area contributed by atoms with Crippen LogP contribution < -0.4 is 9.47 Å². The summed E-state index contributed by atoms with van der Waals surface area (Å²) in [4.78, 5) is 18.3. The molecule has 1 aliphatic rings. The van der Waals surface area contributed by atoms with Gasteiger partial charge in [0.05, 0.1) is 13.7 Å². The molecule has 28 heavy (non-hydrogen) atoms. The summed E-state index contributed by atoms with van der Waals surface area (Å²) in [7, 11) is 1.69. The van der Waals surface area contributed by atoms with Gasteiger partial charge >= 0.3 is 0 Å². The first-order valence-corrected chi connectivity index (χ1v) is 9.80. The molecule has 1 N–H and O–H groups in total. The van der Waals surface area contributed by atoms with Crippen LogP contribution in [0.2, 0.25) is 0 Å². The predicted octanol–water partition coefficient (Wildman–Crippen LogP) is 4.23. The molecule has 0 saturated carbocycles. The van der Waals surface area contributed by atoms with Gasteiger partial charge in [-0.1, -0.05) is 18.2 Å². The zero-order valence-electron chi connectivity index (χ0n) is 16.5. The number of carbonyl (C=O) groups is 1. The summed E-state index contributed by atoms with van der Waals surface area (Å²) in [5.74, 6) is 1.86. The van der Waals surface area contributed by atoms with Crippen molar-refractivity contribution in [2.45, 2.75) is 32.7 Å². The molecule has 0 saturated heterocycles. The SMILES string of the molecule is COc1ccc2[nH]c(C)c3c2c1CN(C(=O)CCCOc1ccccc1)CC3. The van der Waals surface area contributed by atoms with Gasteiger partial charge in [-0.25, -0.2) is 0 Å². The van der Waals surface area contributed by atoms with E-state index in [4.69, 9.17) is 9.47 Å². The van der Waals surface area contributed by atoms with Gasteiger partial charge in [0.1, 0.15) is 11.5 Å². The molecule has 3 aromatic rings. The van der Waals surface area contributed by atoms with Gasteiger partial charge in [-0.15, -0.1) is 0 Å². The lowest BCUT2D eigenvalue weighted by Crippen LogP contribution is -2.31. The van der Waals surface area contributed by atoms with Crippen molar-refractivity contribution >= 4 is 16.8 Å². The van der Waals surface area contributed by atoms with E-state index < -0.39 is 0 Å². The smallest absolute Gasteiger partial charge is 0.223 e. The van der Waals surface area contributed by atoms with E-state index in [1.807, 2.05) is 41.3 Å². The van der Waals surface area contributed by atoms with Crippen LogP contribution in [0.25, 0.3) is 10.9 Å². The number of benzene rings is 2. The first-order valence-electron chi connectivity index (χ1n) is 9.80. The number of amides is 1. The summed E-state index contributed by atoms with van der Waals surface area (Å²) in [5.41, 5.74) is 4.70. The molecule has 0 spiro atoms. The highest BCUT2D eigenvalue weighted by Gasteiger charge is 2.24. The number of nitrogens with zero attached hydrogens (tertiary/aromatic N) is 1. The van der Waals surface area contributed by atoms with Gasteiger partial charge in [-0.3, -0.25) is 4.79 Å². The van der Waals surface area contributed by atoms with Gasteiger partial charge in [0, 0.05) is 41.7 Å². The maximum absolute atomic E-state index is 12.9. The molecule has 0 atom stereocenters. The molecular weight excluding hydrogens is 352 g/mol. The van der Waals surface area contributed by atoms with Crippen LogP contribution in [-0.4, -0.2) is 36.1 Å². The third kappa shape index (κ3) is 3.57. The molecule has 0 aliphatic carbocycles. The summed E-state index contributed by atoms with van der Waals surface area (Å²) < 4.78 is 11.3. The highest BCUT2D eigenvalue weighted by Crippen LogP contribution is 2.35. The molecule has 0 bridgehead atoms. The van der Waals surface area contributed by atoms with Gasteiger partial charge in [0.25, 0.3) is 0 Å². The number of ether oxygens (including phenoxy) is 2. The van der Waals surface area contributed by atoms with Crippen molar-refractivity contribution in [1.82, 2.24) is 9.88 Å². The molecule has 146 valence electrons. The van der Waals surface area contributed by atoms with Gasteiger partial charge in [-0.2, -0.15) is 0 Å². The third-order valence-corrected chi connectivity index (χ3v) is 5.45. The fourth-order valence-electron chi connectivity index (χ4n) is 4.02. The Morgan fingerprint density at radius 2 is 1.96 bits per heavy atom. The maximum Gasteiger partial charge on any atom is 0.223 e. The standard InChI is InChI=1S/C23H26N2O3/c1-16-18-12-13-25(15-19-21(27-2)11-10-20(24-16)23(18)19)22(26)9-6-14-28-17-7-4-3-5-8-17/h3-5,7-8,10-11,24H,6,9,12-15H2,1-2H3. The molecule has 2 heterocycles. The monoisotopic (exact) mass is 378 g/mol. The lowest BCUT2D eigenvalue weighted by Gasteiger charge is -2.22. The second-order valence-corrected chi connectivity index (χ2v) is 7.23. The molecule has 1 aromatic heterocycles. The number of H-pyrrole nitrogens is 1. The molecule has 0 unspecified atom stereocenters. The average molecular weight is 378 g/mol. The average Bonchev–Trinajstić information content (AvgIpc) is 2.90. The quantitative estimate of drug-likeness (QED) is 0.653. The molecule has 1 amide bonds. The zero-order valence-corrected chi connectivity index (χ0v) is 16.5. The van der Waals surface area contributed by atoms with Crippen LogP contribution in [0.4, 0.5) is 0 Å². The summed E-state index contributed by atoms with van der Waals surface area (Å²) in [6.45, 7) is 3.96. The van der Waals surface area contributed by atoms with Crippen molar-refractivity contribution in [1.29, 1.82) is 0 Å². The Morgan fingerprint density at radius 3 is 2.75 bits per heavy atom. The Labute approximate surface area is 165 Å². The Morgan fingerprint density at radius 1 is 1.14 bits per heavy atom. The van der Waals surface area contributed by atoms with Gasteiger partial charge in [0.15, 0.2) is 0 Å². The molecular formula is C23H26N2O3.